The van der Waals surface area contributed by atoms with Crippen molar-refractivity contribution in [3.63, 3.8) is 0 Å². The normalized spacial score (nSPS) is 17.9. The molecule has 2 amide bonds. The fourth-order valence-corrected chi connectivity index (χ4v) is 5.36. The van der Waals surface area contributed by atoms with E-state index in [9.17, 15) is 14.7 Å². The predicted molar refractivity (Wildman–Crippen MR) is 139 cm³/mol. The number of nitrogens with one attached hydrogen (secondary N) is 2. The van der Waals surface area contributed by atoms with Gasteiger partial charge in [0.2, 0.25) is 0 Å². The minimum absolute atomic E-state index is 0.00128. The van der Waals surface area contributed by atoms with Crippen molar-refractivity contribution in [3.8, 4) is 11.3 Å². The highest BCUT2D eigenvalue weighted by Crippen LogP contribution is 2.39. The number of aromatic amines is 1. The second kappa shape index (κ2) is 9.21. The minimum atomic E-state index is -0.325. The molecular formula is C29H34N4O3. The van der Waals surface area contributed by atoms with Crippen molar-refractivity contribution in [1.29, 1.82) is 0 Å². The maximum absolute atomic E-state index is 13.3. The molecule has 1 aliphatic carbocycles. The molecule has 0 bridgehead atoms. The quantitative estimate of drug-likeness (QED) is 0.480. The summed E-state index contributed by atoms with van der Waals surface area (Å²) in [5, 5.41) is 19.9. The summed E-state index contributed by atoms with van der Waals surface area (Å²) in [6, 6.07) is 12.9. The molecular weight excluding hydrogens is 452 g/mol. The van der Waals surface area contributed by atoms with Gasteiger partial charge in [-0.05, 0) is 73.9 Å². The van der Waals surface area contributed by atoms with Gasteiger partial charge in [-0.2, -0.15) is 5.10 Å². The molecule has 7 nitrogen and oxygen atoms in total. The molecule has 2 atom stereocenters. The molecule has 7 heteroatoms. The van der Waals surface area contributed by atoms with E-state index in [0.29, 0.717) is 12.1 Å². The predicted octanol–water partition coefficient (Wildman–Crippen LogP) is 4.42. The Hall–Kier alpha value is -3.45. The summed E-state index contributed by atoms with van der Waals surface area (Å²) in [6.07, 6.45) is 3.14. The van der Waals surface area contributed by atoms with Crippen molar-refractivity contribution in [2.75, 3.05) is 6.61 Å². The van der Waals surface area contributed by atoms with Gasteiger partial charge in [-0.1, -0.05) is 32.0 Å². The molecule has 0 spiro atoms. The molecule has 2 aromatic carbocycles. The van der Waals surface area contributed by atoms with Gasteiger partial charge in [-0.25, -0.2) is 0 Å². The third-order valence-corrected chi connectivity index (χ3v) is 7.62. The Kier molecular flexibility index (Phi) is 6.20. The van der Waals surface area contributed by atoms with Crippen LogP contribution in [-0.2, 0) is 19.4 Å². The molecule has 188 valence electrons. The highest BCUT2D eigenvalue weighted by Gasteiger charge is 2.33. The lowest BCUT2D eigenvalue weighted by molar-refractivity contribution is 0.0716. The van der Waals surface area contributed by atoms with Gasteiger partial charge in [0.1, 0.15) is 0 Å². The van der Waals surface area contributed by atoms with E-state index in [1.54, 1.807) is 13.0 Å². The summed E-state index contributed by atoms with van der Waals surface area (Å²) in [4.78, 5) is 27.7. The van der Waals surface area contributed by atoms with E-state index in [1.807, 2.05) is 42.2 Å². The number of benzene rings is 2. The van der Waals surface area contributed by atoms with E-state index in [-0.39, 0.29) is 35.9 Å². The molecule has 3 aromatic rings. The van der Waals surface area contributed by atoms with Crippen LogP contribution in [0.5, 0.6) is 0 Å². The molecule has 3 N–H and O–H groups in total. The Bertz CT molecular complexity index is 1330. The van der Waals surface area contributed by atoms with Crippen LogP contribution in [0.1, 0.15) is 83.3 Å². The second-order valence-electron chi connectivity index (χ2n) is 11.0. The Labute approximate surface area is 211 Å². The number of amides is 2. The third-order valence-electron chi connectivity index (χ3n) is 7.62. The van der Waals surface area contributed by atoms with Crippen molar-refractivity contribution in [2.24, 2.45) is 5.41 Å². The standard InChI is InChI=1S/C29H34N4O3/c1-17(16-34)30-27(35)21-7-5-6-19(12-21)18(2)33-15-22-13-20(8-9-23(22)28(33)36)26-24-10-11-29(3,4)14-25(24)31-32-26/h5-9,12-13,17-18,34H,10-11,14-16H2,1-4H3,(H,30,35)(H,31,32)/t17-,18+/m0/s1. The van der Waals surface area contributed by atoms with Crippen LogP contribution in [0.25, 0.3) is 11.3 Å². The largest absolute Gasteiger partial charge is 0.394 e. The van der Waals surface area contributed by atoms with Crippen LogP contribution < -0.4 is 5.32 Å². The van der Waals surface area contributed by atoms with Gasteiger partial charge in [-0.15, -0.1) is 0 Å². The zero-order valence-electron chi connectivity index (χ0n) is 21.4. The fraction of sp³-hybridized carbons (Fsp3) is 0.414. The summed E-state index contributed by atoms with van der Waals surface area (Å²) in [7, 11) is 0. The van der Waals surface area contributed by atoms with E-state index >= 15 is 0 Å². The van der Waals surface area contributed by atoms with Gasteiger partial charge in [0.25, 0.3) is 11.8 Å². The van der Waals surface area contributed by atoms with E-state index in [2.05, 4.69) is 35.4 Å². The van der Waals surface area contributed by atoms with Crippen molar-refractivity contribution < 1.29 is 14.7 Å². The molecule has 2 heterocycles. The van der Waals surface area contributed by atoms with Crippen molar-refractivity contribution in [2.45, 2.75) is 65.6 Å². The zero-order chi connectivity index (χ0) is 25.6. The molecule has 0 radical (unpaired) electrons. The summed E-state index contributed by atoms with van der Waals surface area (Å²) in [5.41, 5.74) is 7.99. The van der Waals surface area contributed by atoms with Gasteiger partial charge in [0.15, 0.2) is 0 Å². The van der Waals surface area contributed by atoms with Crippen LogP contribution in [-0.4, -0.2) is 44.7 Å². The lowest BCUT2D eigenvalue weighted by Crippen LogP contribution is -2.35. The molecule has 5 rings (SSSR count). The van der Waals surface area contributed by atoms with E-state index in [4.69, 9.17) is 0 Å². The molecule has 0 saturated carbocycles. The average Bonchev–Trinajstić information content (AvgIpc) is 3.42. The van der Waals surface area contributed by atoms with Gasteiger partial charge >= 0.3 is 0 Å². The number of fused-ring (bicyclic) bond motifs is 2. The Morgan fingerprint density at radius 2 is 2.03 bits per heavy atom. The van der Waals surface area contributed by atoms with Gasteiger partial charge in [0.05, 0.1) is 18.3 Å². The first-order valence-electron chi connectivity index (χ1n) is 12.7. The number of aliphatic hydroxyl groups is 1. The van der Waals surface area contributed by atoms with Crippen LogP contribution >= 0.6 is 0 Å². The Morgan fingerprint density at radius 3 is 2.81 bits per heavy atom. The number of aromatic nitrogens is 2. The number of hydrogen-bond donors (Lipinski definition) is 3. The van der Waals surface area contributed by atoms with Crippen LogP contribution in [0, 0.1) is 5.41 Å². The monoisotopic (exact) mass is 486 g/mol. The molecule has 0 unspecified atom stereocenters. The Morgan fingerprint density at radius 1 is 1.22 bits per heavy atom. The first-order chi connectivity index (χ1) is 17.2. The van der Waals surface area contributed by atoms with Crippen LogP contribution in [0.15, 0.2) is 42.5 Å². The lowest BCUT2D eigenvalue weighted by Gasteiger charge is -2.29. The number of carbonyl (C=O) groups excluding carboxylic acids is 2. The smallest absolute Gasteiger partial charge is 0.255 e. The maximum atomic E-state index is 13.3. The minimum Gasteiger partial charge on any atom is -0.394 e. The third kappa shape index (κ3) is 4.44. The lowest BCUT2D eigenvalue weighted by atomic mass is 9.76. The summed E-state index contributed by atoms with van der Waals surface area (Å²) < 4.78 is 0. The number of nitrogens with zero attached hydrogens (tertiary/aromatic N) is 2. The summed E-state index contributed by atoms with van der Waals surface area (Å²) in [6.45, 7) is 8.72. The number of carbonyl (C=O) groups is 2. The van der Waals surface area contributed by atoms with Gasteiger partial charge in [-0.3, -0.25) is 14.7 Å². The summed E-state index contributed by atoms with van der Waals surface area (Å²) >= 11 is 0. The molecule has 0 saturated heterocycles. The summed E-state index contributed by atoms with van der Waals surface area (Å²) in [5.74, 6) is -0.240. The van der Waals surface area contributed by atoms with Gasteiger partial charge < -0.3 is 15.3 Å². The average molecular weight is 487 g/mol. The van der Waals surface area contributed by atoms with Crippen molar-refractivity contribution in [1.82, 2.24) is 20.4 Å². The maximum Gasteiger partial charge on any atom is 0.255 e. The highest BCUT2D eigenvalue weighted by molar-refractivity contribution is 5.99. The Balaban J connectivity index is 1.37. The number of hydrogen-bond acceptors (Lipinski definition) is 4. The van der Waals surface area contributed by atoms with Crippen molar-refractivity contribution in [3.05, 3.63) is 76.0 Å². The number of aliphatic hydroxyl groups excluding tert-OH is 1. The highest BCUT2D eigenvalue weighted by atomic mass is 16.3. The van der Waals surface area contributed by atoms with Crippen LogP contribution in [0.3, 0.4) is 0 Å². The molecule has 1 aliphatic heterocycles. The van der Waals surface area contributed by atoms with E-state index in [0.717, 1.165) is 47.2 Å². The zero-order valence-corrected chi connectivity index (χ0v) is 21.4. The first-order valence-corrected chi connectivity index (χ1v) is 12.7. The molecule has 0 fully saturated rings. The fourth-order valence-electron chi connectivity index (χ4n) is 5.36. The second-order valence-corrected chi connectivity index (χ2v) is 11.0. The SMILES string of the molecule is C[C@H](c1cccc(C(=O)N[C@@H](C)CO)c1)N1Cc2cc(-c3n[nH]c4c3CCC(C)(C)C4)ccc2C1=O. The van der Waals surface area contributed by atoms with E-state index in [1.165, 1.54) is 11.3 Å². The van der Waals surface area contributed by atoms with E-state index < -0.39 is 0 Å². The van der Waals surface area contributed by atoms with Crippen LogP contribution in [0.2, 0.25) is 0 Å². The molecule has 2 aliphatic rings. The van der Waals surface area contributed by atoms with Crippen LogP contribution in [0.4, 0.5) is 0 Å². The molecule has 36 heavy (non-hydrogen) atoms. The first kappa shape index (κ1) is 24.3. The number of H-pyrrole nitrogens is 1. The van der Waals surface area contributed by atoms with Gasteiger partial charge in [0, 0.05) is 40.5 Å². The van der Waals surface area contributed by atoms with Crippen molar-refractivity contribution >= 4 is 11.8 Å². The number of rotatable bonds is 6. The topological polar surface area (TPSA) is 98.3 Å². The molecule has 1 aromatic heterocycles.